The van der Waals surface area contributed by atoms with E-state index in [2.05, 4.69) is 0 Å². The Kier molecular flexibility index (Phi) is 3.92. The maximum atomic E-state index is 11.5. The topological polar surface area (TPSA) is 83.7 Å². The summed E-state index contributed by atoms with van der Waals surface area (Å²) in [6, 6.07) is 6.29. The van der Waals surface area contributed by atoms with Gasteiger partial charge in [-0.15, -0.1) is 0 Å². The lowest BCUT2D eigenvalue weighted by Crippen LogP contribution is -2.47. The molecule has 1 aromatic rings. The standard InChI is InChI=1S/C14H18N2O4/c1-2-14(13(17)18)8-3-9-15(10-14)11-4-6-12(7-5-11)16(19)20/h4-7H,2-3,8-10H2,1H3,(H,17,18). The summed E-state index contributed by atoms with van der Waals surface area (Å²) in [5, 5.41) is 20.1. The molecule has 1 saturated heterocycles. The minimum absolute atomic E-state index is 0.0470. The van der Waals surface area contributed by atoms with Crippen LogP contribution in [0.3, 0.4) is 0 Å². The van der Waals surface area contributed by atoms with Gasteiger partial charge in [0.2, 0.25) is 0 Å². The molecule has 1 unspecified atom stereocenters. The number of carbonyl (C=O) groups is 1. The molecule has 0 radical (unpaired) electrons. The van der Waals surface area contributed by atoms with Gasteiger partial charge in [0, 0.05) is 30.9 Å². The van der Waals surface area contributed by atoms with Crippen molar-refractivity contribution in [1.29, 1.82) is 0 Å². The normalized spacial score (nSPS) is 22.6. The number of hydrogen-bond donors (Lipinski definition) is 1. The quantitative estimate of drug-likeness (QED) is 0.676. The van der Waals surface area contributed by atoms with Crippen molar-refractivity contribution in [2.24, 2.45) is 5.41 Å². The van der Waals surface area contributed by atoms with Gasteiger partial charge in [-0.05, 0) is 31.4 Å². The van der Waals surface area contributed by atoms with Crippen LogP contribution < -0.4 is 4.90 Å². The number of aliphatic carboxylic acids is 1. The molecule has 0 bridgehead atoms. The number of piperidine rings is 1. The summed E-state index contributed by atoms with van der Waals surface area (Å²) in [5.74, 6) is -0.758. The molecule has 20 heavy (non-hydrogen) atoms. The zero-order valence-corrected chi connectivity index (χ0v) is 11.4. The number of nitro benzene ring substituents is 1. The number of carboxylic acid groups (broad SMARTS) is 1. The van der Waals surface area contributed by atoms with Crippen LogP contribution in [-0.4, -0.2) is 29.1 Å². The smallest absolute Gasteiger partial charge is 0.311 e. The molecule has 0 saturated carbocycles. The predicted molar refractivity (Wildman–Crippen MR) is 74.9 cm³/mol. The molecular weight excluding hydrogens is 260 g/mol. The van der Waals surface area contributed by atoms with Gasteiger partial charge in [-0.1, -0.05) is 6.92 Å². The van der Waals surface area contributed by atoms with Crippen molar-refractivity contribution in [3.63, 3.8) is 0 Å². The number of anilines is 1. The van der Waals surface area contributed by atoms with Crippen LogP contribution >= 0.6 is 0 Å². The summed E-state index contributed by atoms with van der Waals surface area (Å²) in [6.07, 6.45) is 2.09. The lowest BCUT2D eigenvalue weighted by Gasteiger charge is -2.40. The van der Waals surface area contributed by atoms with Gasteiger partial charge in [0.1, 0.15) is 0 Å². The van der Waals surface area contributed by atoms with E-state index in [1.807, 2.05) is 11.8 Å². The molecule has 108 valence electrons. The zero-order valence-electron chi connectivity index (χ0n) is 11.4. The van der Waals surface area contributed by atoms with Crippen molar-refractivity contribution >= 4 is 17.3 Å². The van der Waals surface area contributed by atoms with E-state index in [1.165, 1.54) is 12.1 Å². The molecule has 6 heteroatoms. The van der Waals surface area contributed by atoms with Crippen molar-refractivity contribution in [2.75, 3.05) is 18.0 Å². The second-order valence-electron chi connectivity index (χ2n) is 5.24. The minimum atomic E-state index is -0.758. The number of nitrogens with zero attached hydrogens (tertiary/aromatic N) is 2. The Balaban J connectivity index is 2.20. The third-order valence-electron chi connectivity index (χ3n) is 4.13. The molecule has 1 atom stereocenters. The Hall–Kier alpha value is -2.11. The highest BCUT2D eigenvalue weighted by Crippen LogP contribution is 2.36. The molecule has 0 aromatic heterocycles. The summed E-state index contributed by atoms with van der Waals surface area (Å²) in [5.41, 5.74) is 0.181. The predicted octanol–water partition coefficient (Wildman–Crippen LogP) is 2.68. The summed E-state index contributed by atoms with van der Waals surface area (Å²) in [6.45, 7) is 3.14. The maximum absolute atomic E-state index is 11.5. The Labute approximate surface area is 117 Å². The Bertz CT molecular complexity index is 514. The summed E-state index contributed by atoms with van der Waals surface area (Å²) in [7, 11) is 0. The largest absolute Gasteiger partial charge is 0.481 e. The van der Waals surface area contributed by atoms with E-state index < -0.39 is 16.3 Å². The van der Waals surface area contributed by atoms with E-state index in [4.69, 9.17) is 0 Å². The van der Waals surface area contributed by atoms with E-state index in [0.29, 0.717) is 19.4 Å². The van der Waals surface area contributed by atoms with Gasteiger partial charge in [0.15, 0.2) is 0 Å². The van der Waals surface area contributed by atoms with Crippen molar-refractivity contribution < 1.29 is 14.8 Å². The van der Waals surface area contributed by atoms with Crippen molar-refractivity contribution in [2.45, 2.75) is 26.2 Å². The molecule has 1 aliphatic rings. The summed E-state index contributed by atoms with van der Waals surface area (Å²) < 4.78 is 0. The number of nitro groups is 1. The second kappa shape index (κ2) is 5.48. The van der Waals surface area contributed by atoms with Crippen molar-refractivity contribution in [3.8, 4) is 0 Å². The molecule has 0 spiro atoms. The maximum Gasteiger partial charge on any atom is 0.311 e. The number of hydrogen-bond acceptors (Lipinski definition) is 4. The monoisotopic (exact) mass is 278 g/mol. The van der Waals surface area contributed by atoms with E-state index >= 15 is 0 Å². The Morgan fingerprint density at radius 3 is 2.60 bits per heavy atom. The molecule has 1 fully saturated rings. The molecule has 6 nitrogen and oxygen atoms in total. The summed E-state index contributed by atoms with van der Waals surface area (Å²) >= 11 is 0. The number of rotatable bonds is 4. The van der Waals surface area contributed by atoms with Crippen LogP contribution in [0.15, 0.2) is 24.3 Å². The molecule has 1 heterocycles. The van der Waals surface area contributed by atoms with E-state index in [9.17, 15) is 20.0 Å². The van der Waals surface area contributed by atoms with Gasteiger partial charge in [-0.3, -0.25) is 14.9 Å². The van der Waals surface area contributed by atoms with Crippen LogP contribution in [0.5, 0.6) is 0 Å². The van der Waals surface area contributed by atoms with Gasteiger partial charge in [0.25, 0.3) is 5.69 Å². The van der Waals surface area contributed by atoms with Crippen LogP contribution in [0.1, 0.15) is 26.2 Å². The molecule has 1 N–H and O–H groups in total. The first-order valence-electron chi connectivity index (χ1n) is 6.71. The lowest BCUT2D eigenvalue weighted by atomic mass is 9.77. The highest BCUT2D eigenvalue weighted by atomic mass is 16.6. The second-order valence-corrected chi connectivity index (χ2v) is 5.24. The lowest BCUT2D eigenvalue weighted by molar-refractivity contribution is -0.384. The third-order valence-corrected chi connectivity index (χ3v) is 4.13. The van der Waals surface area contributed by atoms with Gasteiger partial charge >= 0.3 is 5.97 Å². The molecule has 2 rings (SSSR count). The highest BCUT2D eigenvalue weighted by molar-refractivity contribution is 5.76. The number of benzene rings is 1. The van der Waals surface area contributed by atoms with E-state index in [-0.39, 0.29) is 5.69 Å². The van der Waals surface area contributed by atoms with Gasteiger partial charge in [-0.2, -0.15) is 0 Å². The molecule has 0 amide bonds. The SMILES string of the molecule is CCC1(C(=O)O)CCCN(c2ccc([N+](=O)[O-])cc2)C1. The molecule has 0 aliphatic carbocycles. The van der Waals surface area contributed by atoms with Crippen LogP contribution in [0.4, 0.5) is 11.4 Å². The van der Waals surface area contributed by atoms with E-state index in [0.717, 1.165) is 18.7 Å². The average Bonchev–Trinajstić information content (AvgIpc) is 2.47. The molecule has 1 aromatic carbocycles. The van der Waals surface area contributed by atoms with Crippen LogP contribution in [-0.2, 0) is 4.79 Å². The zero-order chi connectivity index (χ0) is 14.8. The first-order chi connectivity index (χ1) is 9.48. The van der Waals surface area contributed by atoms with Crippen molar-refractivity contribution in [1.82, 2.24) is 0 Å². The van der Waals surface area contributed by atoms with Gasteiger partial charge in [0.05, 0.1) is 10.3 Å². The summed E-state index contributed by atoms with van der Waals surface area (Å²) in [4.78, 5) is 23.7. The fourth-order valence-electron chi connectivity index (χ4n) is 2.75. The first-order valence-corrected chi connectivity index (χ1v) is 6.71. The fraction of sp³-hybridized carbons (Fsp3) is 0.500. The Morgan fingerprint density at radius 1 is 1.45 bits per heavy atom. The minimum Gasteiger partial charge on any atom is -0.481 e. The number of non-ortho nitro benzene ring substituents is 1. The molecule has 1 aliphatic heterocycles. The fourth-order valence-corrected chi connectivity index (χ4v) is 2.75. The number of carboxylic acids is 1. The third kappa shape index (κ3) is 2.59. The highest BCUT2D eigenvalue weighted by Gasteiger charge is 2.40. The Morgan fingerprint density at radius 2 is 2.10 bits per heavy atom. The molecular formula is C14H18N2O4. The van der Waals surface area contributed by atoms with Crippen molar-refractivity contribution in [3.05, 3.63) is 34.4 Å². The average molecular weight is 278 g/mol. The van der Waals surface area contributed by atoms with E-state index in [1.54, 1.807) is 12.1 Å². The first kappa shape index (κ1) is 14.3. The van der Waals surface area contributed by atoms with Gasteiger partial charge < -0.3 is 10.0 Å². The van der Waals surface area contributed by atoms with Crippen LogP contribution in [0, 0.1) is 15.5 Å². The van der Waals surface area contributed by atoms with Crippen LogP contribution in [0.2, 0.25) is 0 Å². The van der Waals surface area contributed by atoms with Gasteiger partial charge in [-0.25, -0.2) is 0 Å². The van der Waals surface area contributed by atoms with Crippen LogP contribution in [0.25, 0.3) is 0 Å².